The SMILES string of the molecule is CCOC(OCC)[C@@H](NC(=O)OCc1ccccc1)C(C)C. The number of carbonyl (C=O) groups excluding carboxylic acids is 1. The second-order valence-electron chi connectivity index (χ2n) is 5.25. The van der Waals surface area contributed by atoms with Crippen LogP contribution in [0.25, 0.3) is 0 Å². The number of hydrogen-bond acceptors (Lipinski definition) is 4. The van der Waals surface area contributed by atoms with Crippen LogP contribution in [-0.4, -0.2) is 31.6 Å². The summed E-state index contributed by atoms with van der Waals surface area (Å²) in [5, 5.41) is 2.85. The molecule has 0 aromatic heterocycles. The summed E-state index contributed by atoms with van der Waals surface area (Å²) < 4.78 is 16.4. The number of ether oxygens (including phenoxy) is 3. The molecule has 1 atom stereocenters. The van der Waals surface area contributed by atoms with Crippen LogP contribution in [0.4, 0.5) is 4.79 Å². The molecule has 22 heavy (non-hydrogen) atoms. The Morgan fingerprint density at radius 3 is 2.18 bits per heavy atom. The fourth-order valence-electron chi connectivity index (χ4n) is 2.03. The van der Waals surface area contributed by atoms with Gasteiger partial charge in [0.25, 0.3) is 0 Å². The van der Waals surface area contributed by atoms with Crippen LogP contribution in [0.5, 0.6) is 0 Å². The highest BCUT2D eigenvalue weighted by molar-refractivity contribution is 5.67. The van der Waals surface area contributed by atoms with Gasteiger partial charge in [-0.25, -0.2) is 4.79 Å². The summed E-state index contributed by atoms with van der Waals surface area (Å²) in [7, 11) is 0. The molecule has 1 aromatic carbocycles. The van der Waals surface area contributed by atoms with Crippen molar-refractivity contribution in [2.24, 2.45) is 5.92 Å². The van der Waals surface area contributed by atoms with Crippen LogP contribution in [0, 0.1) is 5.92 Å². The second-order valence-corrected chi connectivity index (χ2v) is 5.25. The molecule has 0 spiro atoms. The van der Waals surface area contributed by atoms with E-state index in [0.717, 1.165) is 5.56 Å². The van der Waals surface area contributed by atoms with Crippen molar-refractivity contribution in [1.82, 2.24) is 5.32 Å². The molecule has 0 aliphatic carbocycles. The predicted octanol–water partition coefficient (Wildman–Crippen LogP) is 3.34. The zero-order valence-corrected chi connectivity index (χ0v) is 13.9. The van der Waals surface area contributed by atoms with Gasteiger partial charge in [0, 0.05) is 13.2 Å². The number of rotatable bonds is 9. The quantitative estimate of drug-likeness (QED) is 0.711. The monoisotopic (exact) mass is 309 g/mol. The summed E-state index contributed by atoms with van der Waals surface area (Å²) in [6.45, 7) is 9.10. The summed E-state index contributed by atoms with van der Waals surface area (Å²) >= 11 is 0. The Morgan fingerprint density at radius 2 is 1.68 bits per heavy atom. The summed E-state index contributed by atoms with van der Waals surface area (Å²) in [5.41, 5.74) is 0.949. The molecule has 0 aliphatic rings. The Labute approximate surface area is 132 Å². The van der Waals surface area contributed by atoms with Crippen molar-refractivity contribution in [1.29, 1.82) is 0 Å². The van der Waals surface area contributed by atoms with Crippen LogP contribution >= 0.6 is 0 Å². The Balaban J connectivity index is 2.55. The highest BCUT2D eigenvalue weighted by atomic mass is 16.7. The molecule has 0 radical (unpaired) electrons. The third-order valence-corrected chi connectivity index (χ3v) is 3.17. The smallest absolute Gasteiger partial charge is 0.407 e. The lowest BCUT2D eigenvalue weighted by Gasteiger charge is -2.30. The molecule has 0 aliphatic heterocycles. The topological polar surface area (TPSA) is 56.8 Å². The van der Waals surface area contributed by atoms with E-state index in [9.17, 15) is 4.79 Å². The molecular formula is C17H27NO4. The van der Waals surface area contributed by atoms with Gasteiger partial charge < -0.3 is 19.5 Å². The number of alkyl carbamates (subject to hydrolysis) is 1. The van der Waals surface area contributed by atoms with E-state index in [-0.39, 0.29) is 18.6 Å². The van der Waals surface area contributed by atoms with Gasteiger partial charge in [-0.15, -0.1) is 0 Å². The zero-order chi connectivity index (χ0) is 16.4. The van der Waals surface area contributed by atoms with Crippen LogP contribution in [0.2, 0.25) is 0 Å². The first kappa shape index (κ1) is 18.5. The molecule has 5 nitrogen and oxygen atoms in total. The standard InChI is InChI=1S/C17H27NO4/c1-5-20-16(21-6-2)15(13(3)4)18-17(19)22-12-14-10-8-7-9-11-14/h7-11,13,15-16H,5-6,12H2,1-4H3,(H,18,19)/t15-/m0/s1. The average Bonchev–Trinajstić information content (AvgIpc) is 2.51. The largest absolute Gasteiger partial charge is 0.445 e. The zero-order valence-electron chi connectivity index (χ0n) is 13.9. The molecule has 5 heteroatoms. The molecule has 1 aromatic rings. The number of hydrogen-bond donors (Lipinski definition) is 1. The van der Waals surface area contributed by atoms with Gasteiger partial charge in [0.1, 0.15) is 6.61 Å². The molecule has 0 heterocycles. The van der Waals surface area contributed by atoms with Gasteiger partial charge in [-0.2, -0.15) is 0 Å². The maximum atomic E-state index is 12.0. The highest BCUT2D eigenvalue weighted by Crippen LogP contribution is 2.12. The van der Waals surface area contributed by atoms with Gasteiger partial charge in [-0.05, 0) is 25.3 Å². The number of amides is 1. The number of nitrogens with one attached hydrogen (secondary N) is 1. The minimum absolute atomic E-state index is 0.160. The van der Waals surface area contributed by atoms with E-state index in [1.54, 1.807) is 0 Å². The first-order valence-corrected chi connectivity index (χ1v) is 7.78. The normalized spacial score (nSPS) is 12.5. The lowest BCUT2D eigenvalue weighted by atomic mass is 10.0. The fourth-order valence-corrected chi connectivity index (χ4v) is 2.03. The van der Waals surface area contributed by atoms with E-state index in [1.807, 2.05) is 58.0 Å². The van der Waals surface area contributed by atoms with Crippen LogP contribution in [-0.2, 0) is 20.8 Å². The van der Waals surface area contributed by atoms with Crippen LogP contribution in [0.15, 0.2) is 30.3 Å². The summed E-state index contributed by atoms with van der Waals surface area (Å²) in [6.07, 6.45) is -0.939. The molecule has 0 saturated carbocycles. The molecule has 0 fully saturated rings. The molecular weight excluding hydrogens is 282 g/mol. The Kier molecular flexibility index (Phi) is 8.55. The van der Waals surface area contributed by atoms with E-state index < -0.39 is 12.4 Å². The van der Waals surface area contributed by atoms with Crippen molar-refractivity contribution >= 4 is 6.09 Å². The van der Waals surface area contributed by atoms with Crippen LogP contribution in [0.3, 0.4) is 0 Å². The lowest BCUT2D eigenvalue weighted by Crippen LogP contribution is -2.49. The van der Waals surface area contributed by atoms with Gasteiger partial charge in [0.15, 0.2) is 6.29 Å². The third-order valence-electron chi connectivity index (χ3n) is 3.17. The summed E-state index contributed by atoms with van der Waals surface area (Å²) in [5.74, 6) is 0.160. The van der Waals surface area contributed by atoms with E-state index in [4.69, 9.17) is 14.2 Å². The maximum absolute atomic E-state index is 12.0. The van der Waals surface area contributed by atoms with E-state index >= 15 is 0 Å². The number of carbonyl (C=O) groups is 1. The van der Waals surface area contributed by atoms with Crippen molar-refractivity contribution in [2.45, 2.75) is 46.6 Å². The minimum Gasteiger partial charge on any atom is -0.445 e. The van der Waals surface area contributed by atoms with Crippen molar-refractivity contribution in [3.8, 4) is 0 Å². The predicted molar refractivity (Wildman–Crippen MR) is 85.4 cm³/mol. The third kappa shape index (κ3) is 6.45. The average molecular weight is 309 g/mol. The molecule has 1 N–H and O–H groups in total. The second kappa shape index (κ2) is 10.2. The molecule has 1 rings (SSSR count). The van der Waals surface area contributed by atoms with E-state index in [2.05, 4.69) is 5.32 Å². The molecule has 0 bridgehead atoms. The van der Waals surface area contributed by atoms with Gasteiger partial charge in [0.2, 0.25) is 0 Å². The minimum atomic E-state index is -0.473. The molecule has 124 valence electrons. The summed E-state index contributed by atoms with van der Waals surface area (Å²) in [6, 6.07) is 9.31. The summed E-state index contributed by atoms with van der Waals surface area (Å²) in [4.78, 5) is 12.0. The molecule has 0 saturated heterocycles. The van der Waals surface area contributed by atoms with Crippen molar-refractivity contribution in [3.05, 3.63) is 35.9 Å². The Hall–Kier alpha value is -1.59. The van der Waals surface area contributed by atoms with Gasteiger partial charge in [-0.1, -0.05) is 44.2 Å². The van der Waals surface area contributed by atoms with Gasteiger partial charge in [0.05, 0.1) is 6.04 Å². The maximum Gasteiger partial charge on any atom is 0.407 e. The lowest BCUT2D eigenvalue weighted by molar-refractivity contribution is -0.159. The van der Waals surface area contributed by atoms with Crippen molar-refractivity contribution < 1.29 is 19.0 Å². The molecule has 1 amide bonds. The molecule has 0 unspecified atom stereocenters. The highest BCUT2D eigenvalue weighted by Gasteiger charge is 2.27. The first-order chi connectivity index (χ1) is 10.6. The number of benzene rings is 1. The fraction of sp³-hybridized carbons (Fsp3) is 0.588. The van der Waals surface area contributed by atoms with Crippen LogP contribution in [0.1, 0.15) is 33.3 Å². The van der Waals surface area contributed by atoms with Gasteiger partial charge >= 0.3 is 6.09 Å². The van der Waals surface area contributed by atoms with Gasteiger partial charge in [-0.3, -0.25) is 0 Å². The van der Waals surface area contributed by atoms with Crippen LogP contribution < -0.4 is 5.32 Å². The van der Waals surface area contributed by atoms with E-state index in [0.29, 0.717) is 13.2 Å². The Morgan fingerprint density at radius 1 is 1.09 bits per heavy atom. The first-order valence-electron chi connectivity index (χ1n) is 7.78. The van der Waals surface area contributed by atoms with Crippen molar-refractivity contribution in [2.75, 3.05) is 13.2 Å². The Bertz CT molecular complexity index is 416. The van der Waals surface area contributed by atoms with Crippen molar-refractivity contribution in [3.63, 3.8) is 0 Å². The van der Waals surface area contributed by atoms with E-state index in [1.165, 1.54) is 0 Å².